The first-order valence-electron chi connectivity index (χ1n) is 6.07. The van der Waals surface area contributed by atoms with Gasteiger partial charge in [0.2, 0.25) is 0 Å². The van der Waals surface area contributed by atoms with E-state index < -0.39 is 5.97 Å². The highest BCUT2D eigenvalue weighted by Crippen LogP contribution is 2.29. The number of ether oxygens (including phenoxy) is 1. The number of aromatic nitrogens is 1. The molecule has 0 aliphatic carbocycles. The Morgan fingerprint density at radius 1 is 1.40 bits per heavy atom. The van der Waals surface area contributed by atoms with E-state index in [0.29, 0.717) is 6.61 Å². The molecule has 1 N–H and O–H groups in total. The summed E-state index contributed by atoms with van der Waals surface area (Å²) in [6.07, 6.45) is 2.68. The second-order valence-corrected chi connectivity index (χ2v) is 5.33. The number of methoxy groups -OCH3 is 1. The van der Waals surface area contributed by atoms with Crippen molar-refractivity contribution >= 4 is 23.4 Å². The van der Waals surface area contributed by atoms with Crippen molar-refractivity contribution in [1.82, 2.24) is 4.98 Å². The molecule has 0 fully saturated rings. The van der Waals surface area contributed by atoms with E-state index in [-0.39, 0.29) is 0 Å². The van der Waals surface area contributed by atoms with Crippen molar-refractivity contribution in [2.45, 2.75) is 13.5 Å². The Kier molecular flexibility index (Phi) is 4.65. The van der Waals surface area contributed by atoms with Crippen LogP contribution in [0.15, 0.2) is 30.3 Å². The second-order valence-electron chi connectivity index (χ2n) is 4.30. The molecule has 0 unspecified atom stereocenters. The molecule has 0 radical (unpaired) electrons. The van der Waals surface area contributed by atoms with Crippen molar-refractivity contribution < 1.29 is 14.6 Å². The zero-order valence-electron chi connectivity index (χ0n) is 11.3. The lowest BCUT2D eigenvalue weighted by molar-refractivity contribution is -0.131. The zero-order valence-corrected chi connectivity index (χ0v) is 12.1. The quantitative estimate of drug-likeness (QED) is 0.857. The molecule has 0 aliphatic heterocycles. The third-order valence-corrected chi connectivity index (χ3v) is 3.80. The standard InChI is InChI=1S/C15H15NO3S/c1-10-3-5-11(6-4-10)15-16-12(9-19-2)13(20-15)7-8-14(17)18/h3-8H,9H2,1-2H3,(H,17,18)/b8-7+. The van der Waals surface area contributed by atoms with Gasteiger partial charge < -0.3 is 9.84 Å². The number of nitrogens with zero attached hydrogens (tertiary/aromatic N) is 1. The molecule has 1 heterocycles. The van der Waals surface area contributed by atoms with E-state index in [1.807, 2.05) is 31.2 Å². The van der Waals surface area contributed by atoms with Crippen LogP contribution in [0.4, 0.5) is 0 Å². The number of carboxylic acid groups (broad SMARTS) is 1. The Morgan fingerprint density at radius 2 is 2.10 bits per heavy atom. The third kappa shape index (κ3) is 3.53. The van der Waals surface area contributed by atoms with Gasteiger partial charge in [0.05, 0.1) is 17.2 Å². The van der Waals surface area contributed by atoms with Crippen molar-refractivity contribution in [3.63, 3.8) is 0 Å². The number of rotatable bonds is 5. The van der Waals surface area contributed by atoms with Gasteiger partial charge in [0.1, 0.15) is 5.01 Å². The molecule has 2 rings (SSSR count). The highest BCUT2D eigenvalue weighted by atomic mass is 32.1. The zero-order chi connectivity index (χ0) is 14.5. The van der Waals surface area contributed by atoms with Crippen LogP contribution >= 0.6 is 11.3 Å². The number of aryl methyl sites for hydroxylation is 1. The topological polar surface area (TPSA) is 59.4 Å². The summed E-state index contributed by atoms with van der Waals surface area (Å²) >= 11 is 1.46. The Labute approximate surface area is 121 Å². The van der Waals surface area contributed by atoms with Crippen LogP contribution in [0.25, 0.3) is 16.6 Å². The van der Waals surface area contributed by atoms with E-state index in [1.165, 1.54) is 16.9 Å². The third-order valence-electron chi connectivity index (χ3n) is 2.68. The summed E-state index contributed by atoms with van der Waals surface area (Å²) in [5.41, 5.74) is 2.96. The molecule has 5 heteroatoms. The van der Waals surface area contributed by atoms with Gasteiger partial charge in [-0.15, -0.1) is 11.3 Å². The normalized spacial score (nSPS) is 11.1. The maximum atomic E-state index is 10.6. The molecule has 0 saturated heterocycles. The minimum absolute atomic E-state index is 0.363. The first-order chi connectivity index (χ1) is 9.60. The van der Waals surface area contributed by atoms with E-state index in [1.54, 1.807) is 13.2 Å². The van der Waals surface area contributed by atoms with Crippen molar-refractivity contribution in [2.75, 3.05) is 7.11 Å². The lowest BCUT2D eigenvalue weighted by Crippen LogP contribution is -1.91. The molecule has 0 spiro atoms. The fourth-order valence-electron chi connectivity index (χ4n) is 1.70. The predicted molar refractivity (Wildman–Crippen MR) is 79.7 cm³/mol. The number of carboxylic acids is 1. The fourth-order valence-corrected chi connectivity index (χ4v) is 2.68. The highest BCUT2D eigenvalue weighted by molar-refractivity contribution is 7.16. The minimum Gasteiger partial charge on any atom is -0.478 e. The summed E-state index contributed by atoms with van der Waals surface area (Å²) in [6.45, 7) is 2.39. The van der Waals surface area contributed by atoms with Crippen LogP contribution in [0.3, 0.4) is 0 Å². The molecule has 0 amide bonds. The molecule has 0 atom stereocenters. The van der Waals surface area contributed by atoms with Crippen LogP contribution < -0.4 is 0 Å². The van der Waals surface area contributed by atoms with Gasteiger partial charge in [-0.2, -0.15) is 0 Å². The lowest BCUT2D eigenvalue weighted by Gasteiger charge is -1.96. The number of hydrogen-bond donors (Lipinski definition) is 1. The Bertz CT molecular complexity index is 629. The van der Waals surface area contributed by atoms with Crippen molar-refractivity contribution in [1.29, 1.82) is 0 Å². The van der Waals surface area contributed by atoms with Crippen LogP contribution in [-0.2, 0) is 16.1 Å². The number of aliphatic carboxylic acids is 1. The lowest BCUT2D eigenvalue weighted by atomic mass is 10.2. The van der Waals surface area contributed by atoms with E-state index in [4.69, 9.17) is 9.84 Å². The smallest absolute Gasteiger partial charge is 0.328 e. The van der Waals surface area contributed by atoms with Crippen molar-refractivity contribution in [3.05, 3.63) is 46.5 Å². The average molecular weight is 289 g/mol. The van der Waals surface area contributed by atoms with Crippen molar-refractivity contribution in [3.8, 4) is 10.6 Å². The van der Waals surface area contributed by atoms with Gasteiger partial charge in [-0.05, 0) is 13.0 Å². The van der Waals surface area contributed by atoms with Crippen molar-refractivity contribution in [2.24, 2.45) is 0 Å². The van der Waals surface area contributed by atoms with Crippen LogP contribution in [0.5, 0.6) is 0 Å². The number of thiazole rings is 1. The van der Waals surface area contributed by atoms with Gasteiger partial charge in [-0.1, -0.05) is 29.8 Å². The minimum atomic E-state index is -0.973. The molecule has 1 aromatic carbocycles. The van der Waals surface area contributed by atoms with Gasteiger partial charge in [-0.25, -0.2) is 9.78 Å². The fraction of sp³-hybridized carbons (Fsp3) is 0.200. The average Bonchev–Trinajstić information content (AvgIpc) is 2.81. The Balaban J connectivity index is 2.37. The molecule has 0 bridgehead atoms. The van der Waals surface area contributed by atoms with E-state index in [9.17, 15) is 4.79 Å². The Morgan fingerprint density at radius 3 is 2.70 bits per heavy atom. The molecule has 0 aliphatic rings. The number of hydrogen-bond acceptors (Lipinski definition) is 4. The molecule has 0 saturated carbocycles. The number of carbonyl (C=O) groups is 1. The molecule has 1 aromatic heterocycles. The summed E-state index contributed by atoms with van der Waals surface area (Å²) in [6, 6.07) is 8.07. The molecule has 104 valence electrons. The molecule has 4 nitrogen and oxygen atoms in total. The van der Waals surface area contributed by atoms with Gasteiger partial charge in [0, 0.05) is 18.7 Å². The molecule has 20 heavy (non-hydrogen) atoms. The molecule has 2 aromatic rings. The highest BCUT2D eigenvalue weighted by Gasteiger charge is 2.10. The molecular weight excluding hydrogens is 274 g/mol. The summed E-state index contributed by atoms with van der Waals surface area (Å²) in [7, 11) is 1.59. The maximum Gasteiger partial charge on any atom is 0.328 e. The number of benzene rings is 1. The summed E-state index contributed by atoms with van der Waals surface area (Å²) in [4.78, 5) is 16.0. The predicted octanol–water partition coefficient (Wildman–Crippen LogP) is 3.36. The van der Waals surface area contributed by atoms with E-state index in [2.05, 4.69) is 4.98 Å². The van der Waals surface area contributed by atoms with Gasteiger partial charge in [0.25, 0.3) is 0 Å². The first kappa shape index (κ1) is 14.4. The van der Waals surface area contributed by atoms with Gasteiger partial charge in [-0.3, -0.25) is 0 Å². The van der Waals surface area contributed by atoms with Crippen LogP contribution in [-0.4, -0.2) is 23.2 Å². The van der Waals surface area contributed by atoms with Gasteiger partial charge >= 0.3 is 5.97 Å². The summed E-state index contributed by atoms with van der Waals surface area (Å²) < 4.78 is 5.11. The first-order valence-corrected chi connectivity index (χ1v) is 6.88. The molecular formula is C15H15NO3S. The van der Waals surface area contributed by atoms with E-state index in [0.717, 1.165) is 27.2 Å². The summed E-state index contributed by atoms with van der Waals surface area (Å²) in [5, 5.41) is 9.58. The SMILES string of the molecule is COCc1nc(-c2ccc(C)cc2)sc1/C=C/C(=O)O. The summed E-state index contributed by atoms with van der Waals surface area (Å²) in [5.74, 6) is -0.973. The Hall–Kier alpha value is -1.98. The largest absolute Gasteiger partial charge is 0.478 e. The monoisotopic (exact) mass is 289 g/mol. The van der Waals surface area contributed by atoms with Crippen LogP contribution in [0.1, 0.15) is 16.1 Å². The van der Waals surface area contributed by atoms with Crippen LogP contribution in [0, 0.1) is 6.92 Å². The van der Waals surface area contributed by atoms with Crippen LogP contribution in [0.2, 0.25) is 0 Å². The maximum absolute atomic E-state index is 10.6. The van der Waals surface area contributed by atoms with E-state index >= 15 is 0 Å². The second kappa shape index (κ2) is 6.45. The van der Waals surface area contributed by atoms with Gasteiger partial charge in [0.15, 0.2) is 0 Å².